The SMILES string of the molecule is CC(CN)SCC1CCC(C(=O)NN)O1. The van der Waals surface area contributed by atoms with Crippen molar-refractivity contribution in [2.75, 3.05) is 12.3 Å². The molecule has 1 heterocycles. The van der Waals surface area contributed by atoms with Gasteiger partial charge in [0, 0.05) is 17.5 Å². The van der Waals surface area contributed by atoms with Gasteiger partial charge < -0.3 is 10.5 Å². The zero-order chi connectivity index (χ0) is 11.3. The molecule has 0 aromatic carbocycles. The van der Waals surface area contributed by atoms with Gasteiger partial charge in [-0.1, -0.05) is 6.92 Å². The van der Waals surface area contributed by atoms with E-state index in [9.17, 15) is 4.79 Å². The van der Waals surface area contributed by atoms with Crippen LogP contribution in [0.5, 0.6) is 0 Å². The number of hydrogen-bond acceptors (Lipinski definition) is 5. The van der Waals surface area contributed by atoms with Crippen LogP contribution in [-0.4, -0.2) is 35.7 Å². The van der Waals surface area contributed by atoms with Crippen LogP contribution < -0.4 is 17.0 Å². The number of amides is 1. The molecule has 5 nitrogen and oxygen atoms in total. The number of carbonyl (C=O) groups is 1. The van der Waals surface area contributed by atoms with Crippen LogP contribution in [-0.2, 0) is 9.53 Å². The average molecular weight is 233 g/mol. The molecule has 3 atom stereocenters. The lowest BCUT2D eigenvalue weighted by molar-refractivity contribution is -0.131. The number of carbonyl (C=O) groups excluding carboxylic acids is 1. The van der Waals surface area contributed by atoms with E-state index in [0.717, 1.165) is 18.6 Å². The highest BCUT2D eigenvalue weighted by Crippen LogP contribution is 2.24. The fourth-order valence-corrected chi connectivity index (χ4v) is 2.38. The lowest BCUT2D eigenvalue weighted by atomic mass is 10.2. The van der Waals surface area contributed by atoms with Crippen molar-refractivity contribution in [3.8, 4) is 0 Å². The summed E-state index contributed by atoms with van der Waals surface area (Å²) in [5.74, 6) is 5.71. The molecule has 1 amide bonds. The molecule has 3 unspecified atom stereocenters. The van der Waals surface area contributed by atoms with E-state index < -0.39 is 0 Å². The van der Waals surface area contributed by atoms with E-state index in [1.807, 2.05) is 0 Å². The number of nitrogens with one attached hydrogen (secondary N) is 1. The highest BCUT2D eigenvalue weighted by atomic mass is 32.2. The lowest BCUT2D eigenvalue weighted by Gasteiger charge is -2.14. The topological polar surface area (TPSA) is 90.4 Å². The Hall–Kier alpha value is -0.300. The summed E-state index contributed by atoms with van der Waals surface area (Å²) < 4.78 is 5.56. The summed E-state index contributed by atoms with van der Waals surface area (Å²) in [7, 11) is 0. The zero-order valence-electron chi connectivity index (χ0n) is 8.94. The standard InChI is InChI=1S/C9H19N3O2S/c1-6(4-10)15-5-7-2-3-8(14-7)9(13)12-11/h6-8H,2-5,10-11H2,1H3,(H,12,13). The highest BCUT2D eigenvalue weighted by molar-refractivity contribution is 7.99. The van der Waals surface area contributed by atoms with Crippen molar-refractivity contribution in [1.29, 1.82) is 0 Å². The Labute approximate surface area is 94.3 Å². The minimum Gasteiger partial charge on any atom is -0.364 e. The van der Waals surface area contributed by atoms with Crippen molar-refractivity contribution >= 4 is 17.7 Å². The fourth-order valence-electron chi connectivity index (χ4n) is 1.45. The Bertz CT molecular complexity index is 216. The molecule has 0 radical (unpaired) electrons. The molecule has 0 saturated carbocycles. The van der Waals surface area contributed by atoms with Gasteiger partial charge in [-0.25, -0.2) is 5.84 Å². The molecule has 0 aromatic heterocycles. The molecule has 1 rings (SSSR count). The summed E-state index contributed by atoms with van der Waals surface area (Å²) >= 11 is 1.78. The Morgan fingerprint density at radius 1 is 1.67 bits per heavy atom. The average Bonchev–Trinajstić information content (AvgIpc) is 2.73. The smallest absolute Gasteiger partial charge is 0.263 e. The Kier molecular flexibility index (Phi) is 5.38. The van der Waals surface area contributed by atoms with E-state index in [0.29, 0.717) is 11.8 Å². The van der Waals surface area contributed by atoms with Gasteiger partial charge in [-0.15, -0.1) is 0 Å². The Balaban J connectivity index is 2.22. The summed E-state index contributed by atoms with van der Waals surface area (Å²) in [5, 5.41) is 0.441. The first-order chi connectivity index (χ1) is 7.17. The number of nitrogens with two attached hydrogens (primary N) is 2. The predicted molar refractivity (Wildman–Crippen MR) is 61.2 cm³/mol. The molecule has 5 N–H and O–H groups in total. The maximum absolute atomic E-state index is 11.2. The number of ether oxygens (including phenoxy) is 1. The number of thioether (sulfide) groups is 1. The number of hydrogen-bond donors (Lipinski definition) is 3. The van der Waals surface area contributed by atoms with Crippen LogP contribution in [0.1, 0.15) is 19.8 Å². The van der Waals surface area contributed by atoms with Gasteiger partial charge >= 0.3 is 0 Å². The van der Waals surface area contributed by atoms with Gasteiger partial charge in [-0.05, 0) is 12.8 Å². The molecular weight excluding hydrogens is 214 g/mol. The molecule has 1 aliphatic heterocycles. The molecule has 0 bridgehead atoms. The first kappa shape index (κ1) is 12.8. The van der Waals surface area contributed by atoms with Crippen LogP contribution in [0, 0.1) is 0 Å². The zero-order valence-corrected chi connectivity index (χ0v) is 9.76. The van der Waals surface area contributed by atoms with Crippen LogP contribution in [0.4, 0.5) is 0 Å². The van der Waals surface area contributed by atoms with E-state index in [-0.39, 0.29) is 18.1 Å². The van der Waals surface area contributed by atoms with Gasteiger partial charge in [0.05, 0.1) is 6.10 Å². The minimum atomic E-state index is -0.367. The molecule has 15 heavy (non-hydrogen) atoms. The first-order valence-corrected chi connectivity index (χ1v) is 6.19. The van der Waals surface area contributed by atoms with Crippen molar-refractivity contribution in [1.82, 2.24) is 5.43 Å². The molecule has 1 fully saturated rings. The summed E-state index contributed by atoms with van der Waals surface area (Å²) in [5.41, 5.74) is 7.62. The highest BCUT2D eigenvalue weighted by Gasteiger charge is 2.30. The molecule has 0 aliphatic carbocycles. The Morgan fingerprint density at radius 2 is 2.40 bits per heavy atom. The van der Waals surface area contributed by atoms with Gasteiger partial charge in [0.1, 0.15) is 6.10 Å². The lowest BCUT2D eigenvalue weighted by Crippen LogP contribution is -2.39. The summed E-state index contributed by atoms with van der Waals surface area (Å²) in [6.07, 6.45) is 1.47. The fraction of sp³-hybridized carbons (Fsp3) is 0.889. The van der Waals surface area contributed by atoms with Crippen molar-refractivity contribution < 1.29 is 9.53 Å². The number of rotatable bonds is 5. The van der Waals surface area contributed by atoms with Crippen molar-refractivity contribution in [3.63, 3.8) is 0 Å². The number of hydrazine groups is 1. The maximum atomic E-state index is 11.2. The second-order valence-electron chi connectivity index (χ2n) is 3.71. The molecule has 1 saturated heterocycles. The van der Waals surface area contributed by atoms with Crippen LogP contribution in [0.15, 0.2) is 0 Å². The van der Waals surface area contributed by atoms with E-state index in [4.69, 9.17) is 16.3 Å². The second-order valence-corrected chi connectivity index (χ2v) is 5.18. The minimum absolute atomic E-state index is 0.159. The van der Waals surface area contributed by atoms with Gasteiger partial charge in [-0.3, -0.25) is 10.2 Å². The van der Waals surface area contributed by atoms with Gasteiger partial charge in [0.15, 0.2) is 0 Å². The van der Waals surface area contributed by atoms with E-state index in [2.05, 4.69) is 12.3 Å². The van der Waals surface area contributed by atoms with E-state index >= 15 is 0 Å². The monoisotopic (exact) mass is 233 g/mol. The Morgan fingerprint density at radius 3 is 3.00 bits per heavy atom. The molecule has 1 aliphatic rings. The van der Waals surface area contributed by atoms with Gasteiger partial charge in [0.25, 0.3) is 5.91 Å². The van der Waals surface area contributed by atoms with Gasteiger partial charge in [0.2, 0.25) is 0 Å². The normalized spacial score (nSPS) is 27.7. The quantitative estimate of drug-likeness (QED) is 0.342. The van der Waals surface area contributed by atoms with Crippen molar-refractivity contribution in [2.45, 2.75) is 37.2 Å². The second kappa shape index (κ2) is 6.32. The third-order valence-corrected chi connectivity index (χ3v) is 3.77. The third kappa shape index (κ3) is 3.98. The molecule has 0 aromatic rings. The summed E-state index contributed by atoms with van der Waals surface area (Å²) in [6.45, 7) is 2.76. The third-order valence-electron chi connectivity index (χ3n) is 2.44. The maximum Gasteiger partial charge on any atom is 0.263 e. The molecule has 88 valence electrons. The summed E-state index contributed by atoms with van der Waals surface area (Å²) in [6, 6.07) is 0. The van der Waals surface area contributed by atoms with Crippen LogP contribution in [0.3, 0.4) is 0 Å². The van der Waals surface area contributed by atoms with Crippen LogP contribution >= 0.6 is 11.8 Å². The van der Waals surface area contributed by atoms with Crippen LogP contribution in [0.25, 0.3) is 0 Å². The molecular formula is C9H19N3O2S. The van der Waals surface area contributed by atoms with E-state index in [1.165, 1.54) is 0 Å². The molecule has 0 spiro atoms. The molecule has 6 heteroatoms. The first-order valence-electron chi connectivity index (χ1n) is 5.15. The largest absolute Gasteiger partial charge is 0.364 e. The van der Waals surface area contributed by atoms with E-state index in [1.54, 1.807) is 11.8 Å². The van der Waals surface area contributed by atoms with Crippen LogP contribution in [0.2, 0.25) is 0 Å². The van der Waals surface area contributed by atoms with Gasteiger partial charge in [-0.2, -0.15) is 11.8 Å². The van der Waals surface area contributed by atoms with Crippen molar-refractivity contribution in [2.24, 2.45) is 11.6 Å². The predicted octanol–water partition coefficient (Wildman–Crippen LogP) is -0.396. The summed E-state index contributed by atoms with van der Waals surface area (Å²) in [4.78, 5) is 11.2. The van der Waals surface area contributed by atoms with Crippen molar-refractivity contribution in [3.05, 3.63) is 0 Å².